The number of rotatable bonds is 6. The maximum absolute atomic E-state index is 11.5. The highest BCUT2D eigenvalue weighted by Gasteiger charge is 2.28. The summed E-state index contributed by atoms with van der Waals surface area (Å²) in [6, 6.07) is 0. The van der Waals surface area contributed by atoms with E-state index in [-0.39, 0.29) is 23.7 Å². The van der Waals surface area contributed by atoms with Crippen molar-refractivity contribution in [2.75, 3.05) is 11.5 Å². The van der Waals surface area contributed by atoms with Crippen molar-refractivity contribution >= 4 is 15.6 Å². The topological polar surface area (TPSA) is 71.4 Å². The van der Waals surface area contributed by atoms with Crippen LogP contribution in [0.4, 0.5) is 0 Å². The second-order valence-corrected chi connectivity index (χ2v) is 7.55. The quantitative estimate of drug-likeness (QED) is 0.768. The Balaban J connectivity index is 4.11. The van der Waals surface area contributed by atoms with Gasteiger partial charge in [0.15, 0.2) is 5.78 Å². The largest absolute Gasteiger partial charge is 0.385 e. The van der Waals surface area contributed by atoms with Crippen molar-refractivity contribution in [3.05, 3.63) is 0 Å². The summed E-state index contributed by atoms with van der Waals surface area (Å²) in [6.45, 7) is 6.91. The molecule has 0 aromatic heterocycles. The number of Topliss-reactive ketones (excluding diaryl/α,β-unsaturated/α-hetero) is 1. The monoisotopic (exact) mass is 250 g/mol. The van der Waals surface area contributed by atoms with Gasteiger partial charge >= 0.3 is 0 Å². The number of ketones is 1. The van der Waals surface area contributed by atoms with E-state index < -0.39 is 21.4 Å². The Bertz CT molecular complexity index is 324. The summed E-state index contributed by atoms with van der Waals surface area (Å²) in [7, 11) is -3.01. The van der Waals surface area contributed by atoms with Crippen LogP contribution in [0.2, 0.25) is 0 Å². The lowest BCUT2D eigenvalue weighted by Gasteiger charge is -2.24. The normalized spacial score (nSPS) is 14.8. The fraction of sp³-hybridized carbons (Fsp3) is 0.909. The Morgan fingerprint density at radius 2 is 1.81 bits per heavy atom. The lowest BCUT2D eigenvalue weighted by Crippen LogP contribution is -2.34. The minimum Gasteiger partial charge on any atom is -0.385 e. The molecule has 0 spiro atoms. The van der Waals surface area contributed by atoms with E-state index in [0.29, 0.717) is 6.42 Å². The molecule has 0 fully saturated rings. The van der Waals surface area contributed by atoms with Gasteiger partial charge in [-0.25, -0.2) is 8.42 Å². The Morgan fingerprint density at radius 3 is 2.19 bits per heavy atom. The second-order valence-electron chi connectivity index (χ2n) is 5.07. The van der Waals surface area contributed by atoms with Crippen LogP contribution in [0.1, 0.15) is 40.5 Å². The predicted octanol–water partition coefficient (Wildman–Crippen LogP) is 1.18. The summed E-state index contributed by atoms with van der Waals surface area (Å²) < 4.78 is 22.3. The van der Waals surface area contributed by atoms with Gasteiger partial charge in [-0.2, -0.15) is 0 Å². The number of carbonyl (C=O) groups is 1. The van der Waals surface area contributed by atoms with Crippen LogP contribution in [0.5, 0.6) is 0 Å². The van der Waals surface area contributed by atoms with Crippen LogP contribution in [0.3, 0.4) is 0 Å². The molecular weight excluding hydrogens is 228 g/mol. The average Bonchev–Trinajstić information content (AvgIpc) is 2.14. The second kappa shape index (κ2) is 5.77. The number of sulfone groups is 1. The highest BCUT2D eigenvalue weighted by molar-refractivity contribution is 7.91. The summed E-state index contributed by atoms with van der Waals surface area (Å²) in [5.74, 6) is -0.159. The maximum atomic E-state index is 11.5. The van der Waals surface area contributed by atoms with E-state index in [1.54, 1.807) is 27.7 Å². The first-order chi connectivity index (χ1) is 7.10. The molecule has 0 aliphatic carbocycles. The molecule has 0 bridgehead atoms. The van der Waals surface area contributed by atoms with Crippen molar-refractivity contribution in [2.45, 2.75) is 46.6 Å². The first-order valence-corrected chi connectivity index (χ1v) is 7.33. The van der Waals surface area contributed by atoms with Gasteiger partial charge < -0.3 is 5.11 Å². The number of aliphatic hydroxyl groups is 1. The molecule has 1 atom stereocenters. The fourth-order valence-electron chi connectivity index (χ4n) is 1.23. The number of hydrogen-bond acceptors (Lipinski definition) is 4. The highest BCUT2D eigenvalue weighted by Crippen LogP contribution is 2.21. The molecular formula is C11H22O4S. The zero-order valence-corrected chi connectivity index (χ0v) is 11.3. The first-order valence-electron chi connectivity index (χ1n) is 5.51. The molecule has 0 rings (SSSR count). The van der Waals surface area contributed by atoms with Crippen LogP contribution >= 0.6 is 0 Å². The van der Waals surface area contributed by atoms with E-state index in [4.69, 9.17) is 0 Å². The Kier molecular flexibility index (Phi) is 5.62. The van der Waals surface area contributed by atoms with E-state index in [9.17, 15) is 18.3 Å². The molecule has 0 radical (unpaired) electrons. The van der Waals surface area contributed by atoms with E-state index in [2.05, 4.69) is 0 Å². The third-order valence-corrected chi connectivity index (χ3v) is 4.23. The van der Waals surface area contributed by atoms with Gasteiger partial charge in [0.05, 0.1) is 5.75 Å². The van der Waals surface area contributed by atoms with Gasteiger partial charge in [0, 0.05) is 12.2 Å². The van der Waals surface area contributed by atoms with E-state index in [0.717, 1.165) is 0 Å². The van der Waals surface area contributed by atoms with Crippen molar-refractivity contribution in [3.8, 4) is 0 Å². The summed E-state index contributed by atoms with van der Waals surface area (Å²) in [5.41, 5.74) is -0.485. The van der Waals surface area contributed by atoms with Gasteiger partial charge in [-0.3, -0.25) is 4.79 Å². The van der Waals surface area contributed by atoms with Crippen LogP contribution < -0.4 is 0 Å². The summed E-state index contributed by atoms with van der Waals surface area (Å²) >= 11 is 0. The lowest BCUT2D eigenvalue weighted by molar-refractivity contribution is -0.132. The molecule has 0 aromatic carbocycles. The molecule has 0 aliphatic rings. The third-order valence-electron chi connectivity index (χ3n) is 2.44. The fourth-order valence-corrected chi connectivity index (χ4v) is 2.10. The average molecular weight is 250 g/mol. The zero-order chi connectivity index (χ0) is 13.0. The molecule has 1 unspecified atom stereocenters. The SMILES string of the molecule is CCS(=O)(=O)CCCC(=O)C(O)C(C)(C)C. The molecule has 0 saturated heterocycles. The maximum Gasteiger partial charge on any atom is 0.161 e. The van der Waals surface area contributed by atoms with E-state index in [1.165, 1.54) is 0 Å². The lowest BCUT2D eigenvalue weighted by atomic mass is 9.85. The standard InChI is InChI=1S/C11H22O4S/c1-5-16(14,15)8-6-7-9(12)10(13)11(2,3)4/h10,13H,5-8H2,1-4H3. The van der Waals surface area contributed by atoms with Crippen LogP contribution in [0, 0.1) is 5.41 Å². The van der Waals surface area contributed by atoms with Crippen molar-refractivity contribution in [2.24, 2.45) is 5.41 Å². The van der Waals surface area contributed by atoms with E-state index in [1.807, 2.05) is 0 Å². The molecule has 16 heavy (non-hydrogen) atoms. The van der Waals surface area contributed by atoms with Gasteiger partial charge in [-0.1, -0.05) is 27.7 Å². The highest BCUT2D eigenvalue weighted by atomic mass is 32.2. The van der Waals surface area contributed by atoms with Crippen molar-refractivity contribution < 1.29 is 18.3 Å². The van der Waals surface area contributed by atoms with Gasteiger partial charge in [-0.15, -0.1) is 0 Å². The summed E-state index contributed by atoms with van der Waals surface area (Å²) in [5, 5.41) is 9.64. The summed E-state index contributed by atoms with van der Waals surface area (Å²) in [6.07, 6.45) is -0.600. The van der Waals surface area contributed by atoms with Crippen LogP contribution in [0.15, 0.2) is 0 Å². The zero-order valence-electron chi connectivity index (χ0n) is 10.5. The molecule has 1 N–H and O–H groups in total. The Hall–Kier alpha value is -0.420. The predicted molar refractivity (Wildman–Crippen MR) is 64.0 cm³/mol. The minimum atomic E-state index is -3.01. The smallest absolute Gasteiger partial charge is 0.161 e. The molecule has 0 aliphatic heterocycles. The third kappa shape index (κ3) is 5.61. The molecule has 0 heterocycles. The van der Waals surface area contributed by atoms with Crippen LogP contribution in [0.25, 0.3) is 0 Å². The molecule has 4 nitrogen and oxygen atoms in total. The van der Waals surface area contributed by atoms with Gasteiger partial charge in [0.2, 0.25) is 0 Å². The van der Waals surface area contributed by atoms with Crippen LogP contribution in [-0.4, -0.2) is 36.9 Å². The number of carbonyl (C=O) groups excluding carboxylic acids is 1. The minimum absolute atomic E-state index is 0.0199. The van der Waals surface area contributed by atoms with E-state index >= 15 is 0 Å². The Morgan fingerprint density at radius 1 is 1.31 bits per heavy atom. The van der Waals surface area contributed by atoms with Gasteiger partial charge in [-0.05, 0) is 11.8 Å². The molecule has 0 aromatic rings. The Labute approximate surface area is 98.0 Å². The summed E-state index contributed by atoms with van der Waals surface area (Å²) in [4.78, 5) is 11.5. The number of aliphatic hydroxyl groups excluding tert-OH is 1. The van der Waals surface area contributed by atoms with Crippen molar-refractivity contribution in [3.63, 3.8) is 0 Å². The molecule has 96 valence electrons. The van der Waals surface area contributed by atoms with Crippen molar-refractivity contribution in [1.29, 1.82) is 0 Å². The van der Waals surface area contributed by atoms with Gasteiger partial charge in [0.25, 0.3) is 0 Å². The van der Waals surface area contributed by atoms with Gasteiger partial charge in [0.1, 0.15) is 15.9 Å². The molecule has 0 amide bonds. The van der Waals surface area contributed by atoms with Crippen molar-refractivity contribution in [1.82, 2.24) is 0 Å². The molecule has 5 heteroatoms. The molecule has 0 saturated carbocycles. The first kappa shape index (κ1) is 15.6. The number of hydrogen-bond donors (Lipinski definition) is 1. The van der Waals surface area contributed by atoms with Crippen LogP contribution in [-0.2, 0) is 14.6 Å².